The molecule has 0 aromatic heterocycles. The van der Waals surface area contributed by atoms with Gasteiger partial charge in [0.1, 0.15) is 5.75 Å². The topological polar surface area (TPSA) is 85.5 Å². The molecule has 0 saturated carbocycles. The number of rotatable bonds is 5. The van der Waals surface area contributed by atoms with E-state index in [1.807, 2.05) is 0 Å². The van der Waals surface area contributed by atoms with E-state index in [-0.39, 0.29) is 18.2 Å². The van der Waals surface area contributed by atoms with Crippen molar-refractivity contribution >= 4 is 11.6 Å². The Morgan fingerprint density at radius 1 is 1.44 bits per heavy atom. The molecule has 1 aromatic carbocycles. The van der Waals surface area contributed by atoms with Crippen molar-refractivity contribution in [3.63, 3.8) is 0 Å². The van der Waals surface area contributed by atoms with Gasteiger partial charge in [0.15, 0.2) is 6.61 Å². The summed E-state index contributed by atoms with van der Waals surface area (Å²) in [5, 5.41) is 17.7. The molecule has 0 saturated heterocycles. The summed E-state index contributed by atoms with van der Waals surface area (Å²) >= 11 is 0. The Balaban J connectivity index is 2.49. The first kappa shape index (κ1) is 12.0. The van der Waals surface area contributed by atoms with Gasteiger partial charge in [-0.05, 0) is 19.1 Å². The van der Waals surface area contributed by atoms with Crippen LogP contribution >= 0.6 is 0 Å². The smallest absolute Gasteiger partial charge is 0.269 e. The number of nitrogens with zero attached hydrogens (tertiary/aromatic N) is 1. The molecule has 0 unspecified atom stereocenters. The van der Waals surface area contributed by atoms with E-state index < -0.39 is 4.92 Å². The number of non-ortho nitro benzene ring substituents is 1. The minimum absolute atomic E-state index is 0.00670. The quantitative estimate of drug-likeness (QED) is 0.358. The second-order valence-electron chi connectivity index (χ2n) is 2.90. The van der Waals surface area contributed by atoms with Crippen molar-refractivity contribution < 1.29 is 14.4 Å². The molecule has 0 atom stereocenters. The molecule has 0 bridgehead atoms. The van der Waals surface area contributed by atoms with Crippen molar-refractivity contribution in [3.05, 3.63) is 34.4 Å². The summed E-state index contributed by atoms with van der Waals surface area (Å²) in [5.41, 5.74) is 0.00670. The Morgan fingerprint density at radius 2 is 2.06 bits per heavy atom. The molecule has 0 aliphatic carbocycles. The first-order valence-corrected chi connectivity index (χ1v) is 4.71. The molecule has 1 rings (SSSR count). The fraction of sp³-hybridized carbons (Fsp3) is 0.300. The Hall–Kier alpha value is -2.11. The normalized spacial score (nSPS) is 9.56. The molecule has 0 heterocycles. The lowest BCUT2D eigenvalue weighted by molar-refractivity contribution is -0.384. The first-order chi connectivity index (χ1) is 7.63. The van der Waals surface area contributed by atoms with Crippen molar-refractivity contribution in [2.45, 2.75) is 6.92 Å². The summed E-state index contributed by atoms with van der Waals surface area (Å²) in [6.07, 6.45) is 0. The zero-order valence-corrected chi connectivity index (χ0v) is 8.80. The van der Waals surface area contributed by atoms with Crippen LogP contribution in [-0.2, 0) is 4.74 Å². The van der Waals surface area contributed by atoms with E-state index in [0.29, 0.717) is 12.4 Å². The van der Waals surface area contributed by atoms with E-state index in [1.54, 1.807) is 6.92 Å². The van der Waals surface area contributed by atoms with Crippen LogP contribution in [0.4, 0.5) is 5.69 Å². The minimum atomic E-state index is -0.480. The number of ether oxygens (including phenoxy) is 2. The summed E-state index contributed by atoms with van der Waals surface area (Å²) in [6, 6.07) is 5.66. The van der Waals surface area contributed by atoms with Crippen LogP contribution < -0.4 is 4.74 Å². The lowest BCUT2D eigenvalue weighted by Crippen LogP contribution is -2.13. The summed E-state index contributed by atoms with van der Waals surface area (Å²) < 4.78 is 10.1. The Morgan fingerprint density at radius 3 is 2.56 bits per heavy atom. The predicted molar refractivity (Wildman–Crippen MR) is 57.9 cm³/mol. The molecular formula is C10H12N2O4. The molecule has 0 spiro atoms. The van der Waals surface area contributed by atoms with Crippen LogP contribution in [0.25, 0.3) is 0 Å². The fourth-order valence-electron chi connectivity index (χ4n) is 1.03. The van der Waals surface area contributed by atoms with E-state index in [4.69, 9.17) is 14.9 Å². The standard InChI is InChI=1S/C10H12N2O4/c1-2-15-10(11)7-16-9-5-3-8(4-6-9)12(13)14/h3-6,11H,2,7H2,1H3. The maximum absolute atomic E-state index is 10.4. The number of nitro benzene ring substituents is 1. The highest BCUT2D eigenvalue weighted by molar-refractivity contribution is 5.74. The monoisotopic (exact) mass is 224 g/mol. The van der Waals surface area contributed by atoms with E-state index in [2.05, 4.69) is 0 Å². The highest BCUT2D eigenvalue weighted by Gasteiger charge is 2.05. The molecular weight excluding hydrogens is 212 g/mol. The second-order valence-corrected chi connectivity index (χ2v) is 2.90. The number of hydrogen-bond acceptors (Lipinski definition) is 5. The molecule has 1 aromatic rings. The van der Waals surface area contributed by atoms with Crippen LogP contribution in [0, 0.1) is 15.5 Å². The number of hydrogen-bond donors (Lipinski definition) is 1. The number of nitro groups is 1. The predicted octanol–water partition coefficient (Wildman–Crippen LogP) is 1.99. The third-order valence-electron chi connectivity index (χ3n) is 1.74. The van der Waals surface area contributed by atoms with Crippen LogP contribution in [0.15, 0.2) is 24.3 Å². The molecule has 0 fully saturated rings. The van der Waals surface area contributed by atoms with Crippen molar-refractivity contribution in [2.24, 2.45) is 0 Å². The third kappa shape index (κ3) is 3.56. The van der Waals surface area contributed by atoms with Gasteiger partial charge in [-0.2, -0.15) is 0 Å². The van der Waals surface area contributed by atoms with Gasteiger partial charge in [0.05, 0.1) is 11.5 Å². The molecule has 0 aliphatic heterocycles. The van der Waals surface area contributed by atoms with Crippen molar-refractivity contribution in [3.8, 4) is 5.75 Å². The molecule has 0 radical (unpaired) electrons. The average molecular weight is 224 g/mol. The van der Waals surface area contributed by atoms with E-state index in [0.717, 1.165) is 0 Å². The molecule has 0 amide bonds. The largest absolute Gasteiger partial charge is 0.484 e. The molecule has 1 N–H and O–H groups in total. The van der Waals surface area contributed by atoms with Gasteiger partial charge in [0, 0.05) is 12.1 Å². The minimum Gasteiger partial charge on any atom is -0.484 e. The van der Waals surface area contributed by atoms with Gasteiger partial charge in [-0.1, -0.05) is 0 Å². The maximum atomic E-state index is 10.4. The van der Waals surface area contributed by atoms with E-state index in [1.165, 1.54) is 24.3 Å². The zero-order valence-electron chi connectivity index (χ0n) is 8.80. The van der Waals surface area contributed by atoms with Gasteiger partial charge < -0.3 is 9.47 Å². The van der Waals surface area contributed by atoms with Crippen LogP contribution in [0.2, 0.25) is 0 Å². The van der Waals surface area contributed by atoms with Gasteiger partial charge in [-0.25, -0.2) is 0 Å². The molecule has 6 nitrogen and oxygen atoms in total. The molecule has 0 aliphatic rings. The van der Waals surface area contributed by atoms with Gasteiger partial charge in [0.2, 0.25) is 5.90 Å². The van der Waals surface area contributed by atoms with Crippen LogP contribution in [0.1, 0.15) is 6.92 Å². The average Bonchev–Trinajstić information content (AvgIpc) is 2.27. The summed E-state index contributed by atoms with van der Waals surface area (Å²) in [5.74, 6) is 0.496. The highest BCUT2D eigenvalue weighted by atomic mass is 16.6. The highest BCUT2D eigenvalue weighted by Crippen LogP contribution is 2.17. The fourth-order valence-corrected chi connectivity index (χ4v) is 1.03. The summed E-state index contributed by atoms with van der Waals surface area (Å²) in [6.45, 7) is 2.22. The summed E-state index contributed by atoms with van der Waals surface area (Å²) in [7, 11) is 0. The Bertz CT molecular complexity index is 375. The molecule has 6 heteroatoms. The first-order valence-electron chi connectivity index (χ1n) is 4.71. The lowest BCUT2D eigenvalue weighted by Gasteiger charge is -2.07. The number of benzene rings is 1. The SMILES string of the molecule is CCOC(=N)COc1ccc([N+](=O)[O-])cc1. The van der Waals surface area contributed by atoms with Crippen molar-refractivity contribution in [2.75, 3.05) is 13.2 Å². The zero-order chi connectivity index (χ0) is 12.0. The van der Waals surface area contributed by atoms with E-state index >= 15 is 0 Å². The molecule has 16 heavy (non-hydrogen) atoms. The van der Waals surface area contributed by atoms with E-state index in [9.17, 15) is 10.1 Å². The van der Waals surface area contributed by atoms with Crippen LogP contribution in [0.5, 0.6) is 5.75 Å². The van der Waals surface area contributed by atoms with Gasteiger partial charge >= 0.3 is 0 Å². The Kier molecular flexibility index (Phi) is 4.26. The van der Waals surface area contributed by atoms with Gasteiger partial charge in [-0.15, -0.1) is 0 Å². The molecule has 86 valence electrons. The van der Waals surface area contributed by atoms with Gasteiger partial charge in [0.25, 0.3) is 5.69 Å². The maximum Gasteiger partial charge on any atom is 0.269 e. The number of nitrogens with one attached hydrogen (secondary N) is 1. The van der Waals surface area contributed by atoms with Crippen molar-refractivity contribution in [1.29, 1.82) is 5.41 Å². The summed E-state index contributed by atoms with van der Waals surface area (Å²) in [4.78, 5) is 9.89. The van der Waals surface area contributed by atoms with Crippen LogP contribution in [0.3, 0.4) is 0 Å². The second kappa shape index (κ2) is 5.69. The lowest BCUT2D eigenvalue weighted by atomic mass is 10.3. The Labute approximate surface area is 92.5 Å². The van der Waals surface area contributed by atoms with Gasteiger partial charge in [-0.3, -0.25) is 15.5 Å². The third-order valence-corrected chi connectivity index (χ3v) is 1.74. The van der Waals surface area contributed by atoms with Crippen LogP contribution in [-0.4, -0.2) is 24.0 Å². The van der Waals surface area contributed by atoms with Crippen molar-refractivity contribution in [1.82, 2.24) is 0 Å².